The molecule has 1 aromatic rings. The van der Waals surface area contributed by atoms with Gasteiger partial charge in [-0.2, -0.15) is 0 Å². The highest BCUT2D eigenvalue weighted by molar-refractivity contribution is 5.36. The summed E-state index contributed by atoms with van der Waals surface area (Å²) < 4.78 is 0. The Bertz CT molecular complexity index is 629. The molecule has 0 aliphatic heterocycles. The second-order valence-corrected chi connectivity index (χ2v) is 11.0. The third-order valence-electron chi connectivity index (χ3n) is 8.92. The molecule has 0 radical (unpaired) electrons. The van der Waals surface area contributed by atoms with Gasteiger partial charge < -0.3 is 0 Å². The first kappa shape index (κ1) is 21.5. The summed E-state index contributed by atoms with van der Waals surface area (Å²) in [5, 5.41) is 0. The fourth-order valence-electron chi connectivity index (χ4n) is 7.17. The lowest BCUT2D eigenvalue weighted by Crippen LogP contribution is -2.30. The molecule has 29 heavy (non-hydrogen) atoms. The summed E-state index contributed by atoms with van der Waals surface area (Å²) in [5.74, 6) is 4.96. The zero-order chi connectivity index (χ0) is 20.1. The average Bonchev–Trinajstić information content (AvgIpc) is 2.76. The Morgan fingerprint density at radius 1 is 0.724 bits per heavy atom. The molecule has 2 fully saturated rings. The lowest BCUT2D eigenvalue weighted by Gasteiger charge is -2.42. The molecule has 3 aliphatic carbocycles. The summed E-state index contributed by atoms with van der Waals surface area (Å²) in [5.41, 5.74) is 5.09. The molecular formula is C29H46. The number of fused-ring (bicyclic) bond motifs is 2. The Hall–Kier alpha value is -0.780. The highest BCUT2D eigenvalue weighted by Gasteiger charge is 2.35. The highest BCUT2D eigenvalue weighted by Crippen LogP contribution is 2.48. The van der Waals surface area contributed by atoms with Crippen molar-refractivity contribution in [2.45, 2.75) is 122 Å². The standard InChI is InChI=1S/C29H46/c1-3-5-6-7-9-23-11-13-27-21-29(17-15-25(27)19-23)28-16-14-24-18-22(8-4-2)10-12-26(24)20-28/h15,17,21-24,26,28H,3-14,16,18-20H2,1-2H3. The molecule has 0 amide bonds. The van der Waals surface area contributed by atoms with E-state index < -0.39 is 0 Å². The summed E-state index contributed by atoms with van der Waals surface area (Å²) in [6, 6.07) is 7.72. The van der Waals surface area contributed by atoms with Gasteiger partial charge in [0.05, 0.1) is 0 Å². The quantitative estimate of drug-likeness (QED) is 0.386. The first-order chi connectivity index (χ1) is 14.3. The van der Waals surface area contributed by atoms with E-state index in [2.05, 4.69) is 32.0 Å². The molecule has 5 atom stereocenters. The van der Waals surface area contributed by atoms with Crippen LogP contribution < -0.4 is 0 Å². The third kappa shape index (κ3) is 5.48. The number of unbranched alkanes of at least 4 members (excludes halogenated alkanes) is 3. The van der Waals surface area contributed by atoms with Crippen LogP contribution in [0.25, 0.3) is 0 Å². The largest absolute Gasteiger partial charge is 0.0654 e. The molecule has 0 aromatic heterocycles. The minimum atomic E-state index is 0.857. The first-order valence-corrected chi connectivity index (χ1v) is 13.4. The lowest BCUT2D eigenvalue weighted by atomic mass is 9.63. The van der Waals surface area contributed by atoms with Crippen molar-refractivity contribution in [1.29, 1.82) is 0 Å². The minimum Gasteiger partial charge on any atom is -0.0654 e. The zero-order valence-electron chi connectivity index (χ0n) is 19.4. The van der Waals surface area contributed by atoms with Crippen LogP contribution in [0.5, 0.6) is 0 Å². The van der Waals surface area contributed by atoms with Crippen LogP contribution in [0.4, 0.5) is 0 Å². The molecule has 0 saturated heterocycles. The SMILES string of the molecule is CCCCCCC1CCc2cc(C3CCC4CC(CCC)CCC4C3)ccc2C1. The molecule has 0 nitrogen and oxygen atoms in total. The van der Waals surface area contributed by atoms with E-state index >= 15 is 0 Å². The van der Waals surface area contributed by atoms with Gasteiger partial charge in [-0.3, -0.25) is 0 Å². The number of aryl methyl sites for hydroxylation is 1. The number of hydrogen-bond donors (Lipinski definition) is 0. The molecule has 0 spiro atoms. The van der Waals surface area contributed by atoms with E-state index in [0.717, 1.165) is 29.6 Å². The zero-order valence-corrected chi connectivity index (χ0v) is 19.4. The predicted molar refractivity (Wildman–Crippen MR) is 127 cm³/mol. The Morgan fingerprint density at radius 2 is 1.59 bits per heavy atom. The minimum absolute atomic E-state index is 0.857. The molecule has 2 saturated carbocycles. The van der Waals surface area contributed by atoms with Crippen LogP contribution in [0.3, 0.4) is 0 Å². The monoisotopic (exact) mass is 394 g/mol. The topological polar surface area (TPSA) is 0 Å². The van der Waals surface area contributed by atoms with Crippen molar-refractivity contribution in [2.75, 3.05) is 0 Å². The van der Waals surface area contributed by atoms with Crippen molar-refractivity contribution >= 4 is 0 Å². The van der Waals surface area contributed by atoms with Crippen molar-refractivity contribution in [3.05, 3.63) is 34.9 Å². The fourth-order valence-corrected chi connectivity index (χ4v) is 7.17. The molecule has 0 bridgehead atoms. The van der Waals surface area contributed by atoms with Crippen LogP contribution >= 0.6 is 0 Å². The molecule has 3 aliphatic rings. The highest BCUT2D eigenvalue weighted by atomic mass is 14.4. The molecule has 0 heterocycles. The molecule has 162 valence electrons. The molecule has 0 N–H and O–H groups in total. The van der Waals surface area contributed by atoms with Crippen molar-refractivity contribution < 1.29 is 0 Å². The van der Waals surface area contributed by atoms with E-state index in [1.807, 2.05) is 0 Å². The summed E-state index contributed by atoms with van der Waals surface area (Å²) in [4.78, 5) is 0. The summed E-state index contributed by atoms with van der Waals surface area (Å²) in [6.07, 6.45) is 23.2. The van der Waals surface area contributed by atoms with Gasteiger partial charge in [0.2, 0.25) is 0 Å². The number of rotatable bonds is 8. The van der Waals surface area contributed by atoms with Gasteiger partial charge in [0, 0.05) is 0 Å². The third-order valence-corrected chi connectivity index (χ3v) is 8.92. The van der Waals surface area contributed by atoms with E-state index in [1.165, 1.54) is 96.3 Å². The second-order valence-electron chi connectivity index (χ2n) is 11.0. The summed E-state index contributed by atoms with van der Waals surface area (Å²) in [6.45, 7) is 4.69. The van der Waals surface area contributed by atoms with E-state index in [9.17, 15) is 0 Å². The van der Waals surface area contributed by atoms with E-state index in [1.54, 1.807) is 23.1 Å². The maximum absolute atomic E-state index is 2.65. The first-order valence-electron chi connectivity index (χ1n) is 13.4. The van der Waals surface area contributed by atoms with Gasteiger partial charge in [0.25, 0.3) is 0 Å². The summed E-state index contributed by atoms with van der Waals surface area (Å²) >= 11 is 0. The fraction of sp³-hybridized carbons (Fsp3) is 0.793. The lowest BCUT2D eigenvalue weighted by molar-refractivity contribution is 0.114. The van der Waals surface area contributed by atoms with Crippen LogP contribution in [0.15, 0.2) is 18.2 Å². The Labute approximate surface area is 181 Å². The summed E-state index contributed by atoms with van der Waals surface area (Å²) in [7, 11) is 0. The predicted octanol–water partition coefficient (Wildman–Crippen LogP) is 8.86. The number of hydrogen-bond acceptors (Lipinski definition) is 0. The smallest absolute Gasteiger partial charge is 0.0159 e. The van der Waals surface area contributed by atoms with Crippen molar-refractivity contribution in [3.8, 4) is 0 Å². The Kier molecular flexibility index (Phi) is 7.77. The van der Waals surface area contributed by atoms with Crippen LogP contribution in [-0.4, -0.2) is 0 Å². The molecule has 1 aromatic carbocycles. The maximum atomic E-state index is 2.65. The van der Waals surface area contributed by atoms with Gasteiger partial charge in [-0.1, -0.05) is 83.4 Å². The van der Waals surface area contributed by atoms with Gasteiger partial charge in [-0.05, 0) is 97.6 Å². The molecule has 5 unspecified atom stereocenters. The molecular weight excluding hydrogens is 348 g/mol. The normalized spacial score (nSPS) is 31.9. The van der Waals surface area contributed by atoms with Crippen LogP contribution in [0.1, 0.15) is 126 Å². The van der Waals surface area contributed by atoms with E-state index in [4.69, 9.17) is 0 Å². The van der Waals surface area contributed by atoms with E-state index in [-0.39, 0.29) is 0 Å². The van der Waals surface area contributed by atoms with Gasteiger partial charge in [-0.15, -0.1) is 0 Å². The Balaban J connectivity index is 1.31. The van der Waals surface area contributed by atoms with Crippen LogP contribution in [-0.2, 0) is 12.8 Å². The second kappa shape index (κ2) is 10.5. The molecule has 0 heteroatoms. The van der Waals surface area contributed by atoms with Gasteiger partial charge in [-0.25, -0.2) is 0 Å². The Morgan fingerprint density at radius 3 is 2.45 bits per heavy atom. The van der Waals surface area contributed by atoms with Gasteiger partial charge in [0.15, 0.2) is 0 Å². The van der Waals surface area contributed by atoms with Crippen LogP contribution in [0, 0.1) is 23.7 Å². The van der Waals surface area contributed by atoms with Crippen molar-refractivity contribution in [2.24, 2.45) is 23.7 Å². The van der Waals surface area contributed by atoms with E-state index in [0.29, 0.717) is 0 Å². The van der Waals surface area contributed by atoms with Crippen molar-refractivity contribution in [1.82, 2.24) is 0 Å². The van der Waals surface area contributed by atoms with Crippen LogP contribution in [0.2, 0.25) is 0 Å². The maximum Gasteiger partial charge on any atom is -0.0159 e. The molecule has 4 rings (SSSR count). The van der Waals surface area contributed by atoms with Gasteiger partial charge >= 0.3 is 0 Å². The van der Waals surface area contributed by atoms with Crippen molar-refractivity contribution in [3.63, 3.8) is 0 Å². The number of benzene rings is 1. The average molecular weight is 395 g/mol. The van der Waals surface area contributed by atoms with Gasteiger partial charge in [0.1, 0.15) is 0 Å².